The van der Waals surface area contributed by atoms with Gasteiger partial charge in [-0.25, -0.2) is 0 Å². The average molecular weight is 581 g/mol. The monoisotopic (exact) mass is 579 g/mol. The summed E-state index contributed by atoms with van der Waals surface area (Å²) in [5.41, 5.74) is -0.444. The van der Waals surface area contributed by atoms with Crippen molar-refractivity contribution in [2.24, 2.45) is 11.8 Å². The molecule has 3 N–H and O–H groups in total. The number of carbonyl (C=O) groups is 3. The first kappa shape index (κ1) is 27.9. The molecule has 1 aromatic carbocycles. The van der Waals surface area contributed by atoms with E-state index < -0.39 is 29.6 Å². The number of nitrogens with one attached hydrogen (secondary N) is 2. The van der Waals surface area contributed by atoms with Gasteiger partial charge in [-0.2, -0.15) is 0 Å². The molecule has 10 heteroatoms. The molecule has 1 aromatic rings. The molecule has 0 aromatic heterocycles. The summed E-state index contributed by atoms with van der Waals surface area (Å²) in [7, 11) is 0. The molecule has 0 radical (unpaired) electrons. The van der Waals surface area contributed by atoms with E-state index in [4.69, 9.17) is 14.6 Å². The molecule has 0 saturated carbocycles. The van der Waals surface area contributed by atoms with Crippen LogP contribution in [0.25, 0.3) is 0 Å². The number of fused-ring (bicyclic) bond motifs is 1. The minimum absolute atomic E-state index is 0.0886. The Labute approximate surface area is 226 Å². The molecule has 6 atom stereocenters. The van der Waals surface area contributed by atoms with E-state index in [1.807, 2.05) is 6.92 Å². The van der Waals surface area contributed by atoms with E-state index in [1.165, 1.54) is 0 Å². The van der Waals surface area contributed by atoms with Crippen molar-refractivity contribution in [1.29, 1.82) is 0 Å². The molecular weight excluding hydrogens is 542 g/mol. The highest BCUT2D eigenvalue weighted by Crippen LogP contribution is 2.60. The largest absolute Gasteiger partial charge is 0.494 e. The molecule has 204 valence electrons. The minimum Gasteiger partial charge on any atom is -0.494 e. The Morgan fingerprint density at radius 2 is 1.92 bits per heavy atom. The van der Waals surface area contributed by atoms with E-state index in [2.05, 4.69) is 33.5 Å². The predicted octanol–water partition coefficient (Wildman–Crippen LogP) is 2.85. The van der Waals surface area contributed by atoms with Gasteiger partial charge in [-0.1, -0.05) is 29.3 Å². The van der Waals surface area contributed by atoms with Crippen molar-refractivity contribution in [1.82, 2.24) is 10.2 Å². The highest BCUT2D eigenvalue weighted by Gasteiger charge is 2.76. The summed E-state index contributed by atoms with van der Waals surface area (Å²) in [6.07, 6.45) is 3.82. The molecule has 0 aliphatic carbocycles. The summed E-state index contributed by atoms with van der Waals surface area (Å²) in [4.78, 5) is 42.5. The van der Waals surface area contributed by atoms with Gasteiger partial charge in [0.1, 0.15) is 17.4 Å². The van der Waals surface area contributed by atoms with Crippen molar-refractivity contribution in [3.05, 3.63) is 24.3 Å². The Balaban J connectivity index is 1.58. The van der Waals surface area contributed by atoms with Gasteiger partial charge in [0.25, 0.3) is 0 Å². The summed E-state index contributed by atoms with van der Waals surface area (Å²) in [6.45, 7) is 5.51. The standard InChI is InChI=1S/C27H38BrN3O6/c1-3-5-13-29-25(34)23-27-16-19(28)22(37-27)20(21(27)26(35)31(23)14-7-6-8-15-32)24(33)30-17-9-11-18(12-10-17)36-4-2/h9-12,19-23,32H,3-8,13-16H2,1-2H3,(H,29,34)(H,30,33)/t19?,20-,21-,22-,23?,27?/m0/s1. The quantitative estimate of drug-likeness (QED) is 0.244. The highest BCUT2D eigenvalue weighted by atomic mass is 79.9. The zero-order valence-electron chi connectivity index (χ0n) is 21.6. The second-order valence-corrected chi connectivity index (χ2v) is 11.2. The van der Waals surface area contributed by atoms with Gasteiger partial charge in [-0.05, 0) is 63.3 Å². The number of nitrogens with zero attached hydrogens (tertiary/aromatic N) is 1. The lowest BCUT2D eigenvalue weighted by atomic mass is 9.70. The van der Waals surface area contributed by atoms with E-state index in [-0.39, 0.29) is 29.2 Å². The van der Waals surface area contributed by atoms with Crippen LogP contribution >= 0.6 is 15.9 Å². The van der Waals surface area contributed by atoms with Crippen molar-refractivity contribution < 1.29 is 29.0 Å². The van der Waals surface area contributed by atoms with Gasteiger partial charge in [-0.15, -0.1) is 0 Å². The molecule has 3 aliphatic rings. The van der Waals surface area contributed by atoms with E-state index in [9.17, 15) is 14.4 Å². The predicted molar refractivity (Wildman–Crippen MR) is 143 cm³/mol. The van der Waals surface area contributed by atoms with Crippen LogP contribution in [0.5, 0.6) is 5.75 Å². The third kappa shape index (κ3) is 5.38. The van der Waals surface area contributed by atoms with E-state index in [0.29, 0.717) is 50.4 Å². The number of hydrogen-bond donors (Lipinski definition) is 3. The number of halogens is 1. The molecule has 3 heterocycles. The zero-order valence-corrected chi connectivity index (χ0v) is 23.2. The SMILES string of the molecule is CCCCNC(=O)C1N(CCCCCO)C(=O)[C@@H]2[C@H](C(=O)Nc3ccc(OCC)cc3)[C@H]3OC12CC3Br. The van der Waals surface area contributed by atoms with E-state index in [0.717, 1.165) is 19.3 Å². The van der Waals surface area contributed by atoms with Gasteiger partial charge in [0, 0.05) is 30.2 Å². The Bertz CT molecular complexity index is 975. The minimum atomic E-state index is -1.05. The van der Waals surface area contributed by atoms with Crippen molar-refractivity contribution in [2.45, 2.75) is 74.9 Å². The second-order valence-electron chi connectivity index (χ2n) is 10.1. The smallest absolute Gasteiger partial charge is 0.245 e. The summed E-state index contributed by atoms with van der Waals surface area (Å²) in [6, 6.07) is 6.33. The summed E-state index contributed by atoms with van der Waals surface area (Å²) >= 11 is 3.69. The number of anilines is 1. The summed E-state index contributed by atoms with van der Waals surface area (Å²) in [5.74, 6) is -1.44. The van der Waals surface area contributed by atoms with Crippen LogP contribution in [0.4, 0.5) is 5.69 Å². The molecule has 2 bridgehead atoms. The third-order valence-corrected chi connectivity index (χ3v) is 8.50. The lowest BCUT2D eigenvalue weighted by Gasteiger charge is -2.34. The fourth-order valence-electron chi connectivity index (χ4n) is 6.05. The van der Waals surface area contributed by atoms with Crippen molar-refractivity contribution >= 4 is 39.3 Å². The molecule has 4 rings (SSSR count). The van der Waals surface area contributed by atoms with Crippen molar-refractivity contribution in [3.8, 4) is 5.75 Å². The molecule has 1 spiro atoms. The number of aliphatic hydroxyl groups is 1. The van der Waals surface area contributed by atoms with Gasteiger partial charge in [0.15, 0.2) is 0 Å². The lowest BCUT2D eigenvalue weighted by molar-refractivity contribution is -0.141. The number of aliphatic hydroxyl groups excluding tert-OH is 1. The summed E-state index contributed by atoms with van der Waals surface area (Å²) in [5, 5.41) is 15.1. The number of likely N-dealkylation sites (tertiary alicyclic amines) is 1. The number of alkyl halides is 1. The third-order valence-electron chi connectivity index (χ3n) is 7.66. The molecule has 3 aliphatic heterocycles. The van der Waals surface area contributed by atoms with Crippen LogP contribution in [0.1, 0.15) is 52.4 Å². The molecular formula is C27H38BrN3O6. The Morgan fingerprint density at radius 1 is 1.16 bits per heavy atom. The van der Waals surface area contributed by atoms with Crippen molar-refractivity contribution in [3.63, 3.8) is 0 Å². The van der Waals surface area contributed by atoms with Gasteiger partial charge in [0.2, 0.25) is 17.7 Å². The maximum atomic E-state index is 13.9. The van der Waals surface area contributed by atoms with Crippen LogP contribution in [0.3, 0.4) is 0 Å². The number of rotatable bonds is 13. The first-order valence-electron chi connectivity index (χ1n) is 13.4. The Hall–Kier alpha value is -2.17. The second kappa shape index (κ2) is 12.1. The first-order chi connectivity index (χ1) is 17.9. The number of ether oxygens (including phenoxy) is 2. The fourth-order valence-corrected chi connectivity index (χ4v) is 7.00. The van der Waals surface area contributed by atoms with Gasteiger partial charge in [-0.3, -0.25) is 14.4 Å². The first-order valence-corrected chi connectivity index (χ1v) is 14.3. The van der Waals surface area contributed by atoms with Crippen LogP contribution in [-0.2, 0) is 19.1 Å². The lowest BCUT2D eigenvalue weighted by Crippen LogP contribution is -2.56. The number of benzene rings is 1. The molecule has 3 amide bonds. The number of amides is 3. The average Bonchev–Trinajstić information content (AvgIpc) is 3.47. The molecule has 9 nitrogen and oxygen atoms in total. The maximum absolute atomic E-state index is 13.9. The topological polar surface area (TPSA) is 117 Å². The molecule has 37 heavy (non-hydrogen) atoms. The Morgan fingerprint density at radius 3 is 2.59 bits per heavy atom. The highest BCUT2D eigenvalue weighted by molar-refractivity contribution is 9.09. The number of hydrogen-bond acceptors (Lipinski definition) is 6. The number of unbranched alkanes of at least 4 members (excludes halogenated alkanes) is 3. The van der Waals surface area contributed by atoms with Crippen LogP contribution in [0, 0.1) is 11.8 Å². The van der Waals surface area contributed by atoms with Gasteiger partial charge in [0.05, 0.1) is 24.5 Å². The van der Waals surface area contributed by atoms with E-state index in [1.54, 1.807) is 29.2 Å². The van der Waals surface area contributed by atoms with Crippen LogP contribution in [0.15, 0.2) is 24.3 Å². The van der Waals surface area contributed by atoms with E-state index >= 15 is 0 Å². The van der Waals surface area contributed by atoms with Crippen LogP contribution in [-0.4, -0.2) is 76.6 Å². The molecule has 3 fully saturated rings. The molecule has 3 saturated heterocycles. The van der Waals surface area contributed by atoms with Gasteiger partial charge >= 0.3 is 0 Å². The normalized spacial score (nSPS) is 29.9. The van der Waals surface area contributed by atoms with Gasteiger partial charge < -0.3 is 30.1 Å². The van der Waals surface area contributed by atoms with Crippen LogP contribution < -0.4 is 15.4 Å². The van der Waals surface area contributed by atoms with Crippen LogP contribution in [0.2, 0.25) is 0 Å². The fraction of sp³-hybridized carbons (Fsp3) is 0.667. The van der Waals surface area contributed by atoms with Crippen molar-refractivity contribution in [2.75, 3.05) is 31.6 Å². The Kier molecular flexibility index (Phi) is 9.13. The zero-order chi connectivity index (χ0) is 26.6. The summed E-state index contributed by atoms with van der Waals surface area (Å²) < 4.78 is 12.0. The number of carbonyl (C=O) groups excluding carboxylic acids is 3. The molecule has 3 unspecified atom stereocenters. The maximum Gasteiger partial charge on any atom is 0.245 e.